The lowest BCUT2D eigenvalue weighted by molar-refractivity contribution is -0.115. The van der Waals surface area contributed by atoms with Crippen molar-refractivity contribution >= 4 is 56.7 Å². The second kappa shape index (κ2) is 7.28. The highest BCUT2D eigenvalue weighted by Crippen LogP contribution is 2.30. The minimum absolute atomic E-state index is 0.242. The van der Waals surface area contributed by atoms with E-state index in [2.05, 4.69) is 38.3 Å². The molecular weight excluding hydrogens is 366 g/mol. The standard InChI is InChI=1S/C11H10BrN3OS3/c12-8-3-1-7(2-4-8)5-17-10-14-15-11(19-10)18-6-9(13)16/h1-4H,5-6H2,(H2,13,16). The molecule has 0 atom stereocenters. The minimum Gasteiger partial charge on any atom is -0.369 e. The molecule has 1 amide bonds. The molecule has 19 heavy (non-hydrogen) atoms. The van der Waals surface area contributed by atoms with Crippen LogP contribution in [-0.4, -0.2) is 21.9 Å². The third-order valence-corrected chi connectivity index (χ3v) is 5.81. The largest absolute Gasteiger partial charge is 0.369 e. The summed E-state index contributed by atoms with van der Waals surface area (Å²) >= 11 is 7.85. The van der Waals surface area contributed by atoms with Crippen molar-refractivity contribution in [2.24, 2.45) is 5.73 Å². The second-order valence-electron chi connectivity index (χ2n) is 3.50. The van der Waals surface area contributed by atoms with Crippen LogP contribution < -0.4 is 5.73 Å². The van der Waals surface area contributed by atoms with Gasteiger partial charge >= 0.3 is 0 Å². The van der Waals surface area contributed by atoms with Gasteiger partial charge in [0.1, 0.15) is 0 Å². The molecule has 1 aromatic carbocycles. The fraction of sp³-hybridized carbons (Fsp3) is 0.182. The van der Waals surface area contributed by atoms with Crippen LogP contribution in [0.5, 0.6) is 0 Å². The van der Waals surface area contributed by atoms with Gasteiger partial charge in [-0.25, -0.2) is 0 Å². The van der Waals surface area contributed by atoms with E-state index in [4.69, 9.17) is 5.73 Å². The van der Waals surface area contributed by atoms with E-state index in [0.717, 1.165) is 18.9 Å². The summed E-state index contributed by atoms with van der Waals surface area (Å²) in [6.07, 6.45) is 0. The van der Waals surface area contributed by atoms with Crippen LogP contribution in [0.4, 0.5) is 0 Å². The number of hydrogen-bond donors (Lipinski definition) is 1. The number of aromatic nitrogens is 2. The quantitative estimate of drug-likeness (QED) is 0.785. The molecule has 2 N–H and O–H groups in total. The van der Waals surface area contributed by atoms with Crippen LogP contribution in [0.15, 0.2) is 37.4 Å². The van der Waals surface area contributed by atoms with Gasteiger partial charge in [-0.2, -0.15) is 0 Å². The predicted molar refractivity (Wildman–Crippen MR) is 83.5 cm³/mol. The average Bonchev–Trinajstić information content (AvgIpc) is 2.84. The van der Waals surface area contributed by atoms with Gasteiger partial charge in [0.2, 0.25) is 5.91 Å². The van der Waals surface area contributed by atoms with Crippen molar-refractivity contribution < 1.29 is 4.79 Å². The first-order valence-electron chi connectivity index (χ1n) is 5.25. The van der Waals surface area contributed by atoms with Gasteiger partial charge in [0.25, 0.3) is 0 Å². The minimum atomic E-state index is -0.343. The summed E-state index contributed by atoms with van der Waals surface area (Å²) in [6.45, 7) is 0. The van der Waals surface area contributed by atoms with E-state index in [1.165, 1.54) is 28.7 Å². The van der Waals surface area contributed by atoms with E-state index in [-0.39, 0.29) is 11.7 Å². The van der Waals surface area contributed by atoms with E-state index in [0.29, 0.717) is 0 Å². The Morgan fingerprint density at radius 1 is 1.21 bits per heavy atom. The normalized spacial score (nSPS) is 10.6. The van der Waals surface area contributed by atoms with E-state index in [1.807, 2.05) is 12.1 Å². The number of rotatable bonds is 6. The summed E-state index contributed by atoms with van der Waals surface area (Å²) in [5, 5.41) is 8.09. The number of primary amides is 1. The summed E-state index contributed by atoms with van der Waals surface area (Å²) in [5.41, 5.74) is 6.31. The second-order valence-corrected chi connectivity index (χ2v) is 7.84. The van der Waals surface area contributed by atoms with Gasteiger partial charge in [0, 0.05) is 10.2 Å². The molecule has 2 rings (SSSR count). The number of carbonyl (C=O) groups is 1. The summed E-state index contributed by atoms with van der Waals surface area (Å²) in [6, 6.07) is 8.18. The molecule has 1 aromatic heterocycles. The van der Waals surface area contributed by atoms with Crippen molar-refractivity contribution in [3.8, 4) is 0 Å². The highest BCUT2D eigenvalue weighted by atomic mass is 79.9. The van der Waals surface area contributed by atoms with Gasteiger partial charge in [-0.3, -0.25) is 4.79 Å². The van der Waals surface area contributed by atoms with E-state index >= 15 is 0 Å². The topological polar surface area (TPSA) is 68.9 Å². The maximum Gasteiger partial charge on any atom is 0.227 e. The fourth-order valence-corrected chi connectivity index (χ4v) is 4.15. The van der Waals surface area contributed by atoms with Crippen molar-refractivity contribution in [2.45, 2.75) is 14.4 Å². The first-order chi connectivity index (χ1) is 9.13. The molecule has 1 heterocycles. The Morgan fingerprint density at radius 3 is 2.47 bits per heavy atom. The number of hydrogen-bond acceptors (Lipinski definition) is 6. The molecule has 0 saturated carbocycles. The smallest absolute Gasteiger partial charge is 0.227 e. The zero-order valence-electron chi connectivity index (χ0n) is 9.71. The number of benzene rings is 1. The van der Waals surface area contributed by atoms with E-state index in [9.17, 15) is 4.79 Å². The highest BCUT2D eigenvalue weighted by Gasteiger charge is 2.07. The third kappa shape index (κ3) is 5.13. The molecule has 100 valence electrons. The Kier molecular flexibility index (Phi) is 5.68. The lowest BCUT2D eigenvalue weighted by Crippen LogP contribution is -2.12. The lowest BCUT2D eigenvalue weighted by Gasteiger charge is -1.98. The number of carbonyl (C=O) groups excluding carboxylic acids is 1. The molecule has 8 heteroatoms. The first kappa shape index (κ1) is 14.8. The van der Waals surface area contributed by atoms with Crippen LogP contribution in [0.3, 0.4) is 0 Å². The molecule has 0 bridgehead atoms. The SMILES string of the molecule is NC(=O)CSc1nnc(SCc2ccc(Br)cc2)s1. The van der Waals surface area contributed by atoms with Crippen molar-refractivity contribution in [1.82, 2.24) is 10.2 Å². The molecule has 0 aliphatic heterocycles. The zero-order chi connectivity index (χ0) is 13.7. The summed E-state index contributed by atoms with van der Waals surface area (Å²) < 4.78 is 2.74. The third-order valence-electron chi connectivity index (χ3n) is 2.00. The van der Waals surface area contributed by atoms with Crippen LogP contribution >= 0.6 is 50.8 Å². The molecule has 0 fully saturated rings. The summed E-state index contributed by atoms with van der Waals surface area (Å²) in [4.78, 5) is 10.7. The van der Waals surface area contributed by atoms with Crippen molar-refractivity contribution in [3.05, 3.63) is 34.3 Å². The Morgan fingerprint density at radius 2 is 1.84 bits per heavy atom. The van der Waals surface area contributed by atoms with Gasteiger partial charge in [-0.05, 0) is 17.7 Å². The Hall–Kier alpha value is -0.570. The van der Waals surface area contributed by atoms with Gasteiger partial charge in [0.15, 0.2) is 8.68 Å². The van der Waals surface area contributed by atoms with Crippen molar-refractivity contribution in [1.29, 1.82) is 0 Å². The molecule has 0 aliphatic rings. The number of nitrogens with zero attached hydrogens (tertiary/aromatic N) is 2. The van der Waals surface area contributed by atoms with E-state index < -0.39 is 0 Å². The van der Waals surface area contributed by atoms with E-state index in [1.54, 1.807) is 11.8 Å². The summed E-state index contributed by atoms with van der Waals surface area (Å²) in [5.74, 6) is 0.748. The van der Waals surface area contributed by atoms with Gasteiger partial charge in [-0.1, -0.05) is 62.9 Å². The molecule has 4 nitrogen and oxygen atoms in total. The maximum atomic E-state index is 10.7. The molecule has 0 spiro atoms. The van der Waals surface area contributed by atoms with Gasteiger partial charge < -0.3 is 5.73 Å². The van der Waals surface area contributed by atoms with Gasteiger partial charge in [-0.15, -0.1) is 10.2 Å². The Bertz CT molecular complexity index is 559. The average molecular weight is 376 g/mol. The molecule has 0 aliphatic carbocycles. The number of thioether (sulfide) groups is 2. The number of nitrogens with two attached hydrogens (primary N) is 1. The first-order valence-corrected chi connectivity index (χ1v) is 8.83. The number of halogens is 1. The lowest BCUT2D eigenvalue weighted by atomic mass is 10.2. The maximum absolute atomic E-state index is 10.7. The summed E-state index contributed by atoms with van der Waals surface area (Å²) in [7, 11) is 0. The van der Waals surface area contributed by atoms with Crippen LogP contribution in [0.2, 0.25) is 0 Å². The fourth-order valence-electron chi connectivity index (χ4n) is 1.17. The predicted octanol–water partition coefficient (Wildman–Crippen LogP) is 3.17. The molecule has 0 saturated heterocycles. The Labute approximate surface area is 131 Å². The zero-order valence-corrected chi connectivity index (χ0v) is 13.7. The monoisotopic (exact) mass is 375 g/mol. The molecule has 0 radical (unpaired) electrons. The molecular formula is C11H10BrN3OS3. The van der Waals surface area contributed by atoms with Crippen molar-refractivity contribution in [2.75, 3.05) is 5.75 Å². The van der Waals surface area contributed by atoms with Crippen LogP contribution in [0, 0.1) is 0 Å². The molecule has 0 unspecified atom stereocenters. The van der Waals surface area contributed by atoms with Crippen molar-refractivity contribution in [3.63, 3.8) is 0 Å². The molecule has 2 aromatic rings. The number of amides is 1. The van der Waals surface area contributed by atoms with Crippen LogP contribution in [-0.2, 0) is 10.5 Å². The Balaban J connectivity index is 1.86. The van der Waals surface area contributed by atoms with Gasteiger partial charge in [0.05, 0.1) is 5.75 Å². The highest BCUT2D eigenvalue weighted by molar-refractivity contribution is 9.10. The van der Waals surface area contributed by atoms with Crippen LogP contribution in [0.25, 0.3) is 0 Å². The van der Waals surface area contributed by atoms with Crippen LogP contribution in [0.1, 0.15) is 5.56 Å².